The first-order valence-electron chi connectivity index (χ1n) is 5.73. The molecule has 0 saturated carbocycles. The van der Waals surface area contributed by atoms with Gasteiger partial charge in [-0.1, -0.05) is 42.5 Å². The second kappa shape index (κ2) is 4.66. The first-order chi connectivity index (χ1) is 8.84. The lowest BCUT2D eigenvalue weighted by Crippen LogP contribution is -2.23. The van der Waals surface area contributed by atoms with E-state index in [-0.39, 0.29) is 5.56 Å². The van der Waals surface area contributed by atoms with Crippen molar-refractivity contribution < 1.29 is 0 Å². The molecule has 18 heavy (non-hydrogen) atoms. The van der Waals surface area contributed by atoms with E-state index in [0.717, 1.165) is 15.6 Å². The molecule has 1 heterocycles. The fraction of sp³-hybridized carbons (Fsp3) is 0.0714. The van der Waals surface area contributed by atoms with Crippen molar-refractivity contribution in [3.63, 3.8) is 0 Å². The fourth-order valence-electron chi connectivity index (χ4n) is 1.84. The Balaban J connectivity index is 1.87. The lowest BCUT2D eigenvalue weighted by atomic mass is 10.2. The van der Waals surface area contributed by atoms with E-state index in [1.807, 2.05) is 54.6 Å². The molecule has 0 fully saturated rings. The molecule has 2 aromatic carbocycles. The lowest BCUT2D eigenvalue weighted by Gasteiger charge is -2.04. The van der Waals surface area contributed by atoms with Gasteiger partial charge in [0.25, 0.3) is 5.56 Å². The van der Waals surface area contributed by atoms with Crippen LogP contribution in [0, 0.1) is 0 Å². The number of aromatic nitrogens is 1. The number of hydrogen-bond donors (Lipinski definition) is 1. The topological polar surface area (TPSA) is 34.0 Å². The highest BCUT2D eigenvalue weighted by molar-refractivity contribution is 7.13. The van der Waals surface area contributed by atoms with E-state index in [1.165, 1.54) is 11.5 Å². The monoisotopic (exact) mass is 256 g/mol. The SMILES string of the molecule is O=c1c2ccccc2sn1NCc1ccccc1. The molecule has 0 unspecified atom stereocenters. The van der Waals surface area contributed by atoms with E-state index in [9.17, 15) is 4.79 Å². The molecule has 1 N–H and O–H groups in total. The van der Waals surface area contributed by atoms with Crippen LogP contribution in [0.4, 0.5) is 0 Å². The van der Waals surface area contributed by atoms with Crippen LogP contribution in [0.15, 0.2) is 59.4 Å². The van der Waals surface area contributed by atoms with Crippen molar-refractivity contribution in [1.29, 1.82) is 0 Å². The third kappa shape index (κ3) is 2.02. The minimum Gasteiger partial charge on any atom is -0.309 e. The Bertz CT molecular complexity index is 715. The number of fused-ring (bicyclic) bond motifs is 1. The Morgan fingerprint density at radius 1 is 1.00 bits per heavy atom. The zero-order chi connectivity index (χ0) is 12.4. The standard InChI is InChI=1S/C14H12N2OS/c17-14-12-8-4-5-9-13(12)18-16(14)15-10-11-6-2-1-3-7-11/h1-9,15H,10H2. The molecule has 0 atom stereocenters. The molecule has 3 rings (SSSR count). The van der Waals surface area contributed by atoms with Crippen molar-refractivity contribution in [2.45, 2.75) is 6.54 Å². The van der Waals surface area contributed by atoms with Crippen LogP contribution < -0.4 is 11.0 Å². The van der Waals surface area contributed by atoms with Crippen molar-refractivity contribution in [3.05, 3.63) is 70.5 Å². The van der Waals surface area contributed by atoms with Crippen molar-refractivity contribution in [2.75, 3.05) is 5.43 Å². The normalized spacial score (nSPS) is 10.7. The van der Waals surface area contributed by atoms with Crippen molar-refractivity contribution in [2.24, 2.45) is 0 Å². The van der Waals surface area contributed by atoms with Crippen LogP contribution in [0.2, 0.25) is 0 Å². The molecule has 0 spiro atoms. The van der Waals surface area contributed by atoms with Crippen LogP contribution in [-0.4, -0.2) is 4.07 Å². The molecule has 0 saturated heterocycles. The molecule has 4 heteroatoms. The Labute approximate surface area is 108 Å². The molecule has 1 aromatic heterocycles. The van der Waals surface area contributed by atoms with E-state index in [1.54, 1.807) is 4.07 Å². The second-order valence-corrected chi connectivity index (χ2v) is 5.00. The molecule has 3 nitrogen and oxygen atoms in total. The average Bonchev–Trinajstić information content (AvgIpc) is 2.75. The summed E-state index contributed by atoms with van der Waals surface area (Å²) in [7, 11) is 0. The highest BCUT2D eigenvalue weighted by atomic mass is 32.1. The van der Waals surface area contributed by atoms with Gasteiger partial charge in [-0.15, -0.1) is 0 Å². The quantitative estimate of drug-likeness (QED) is 0.782. The summed E-state index contributed by atoms with van der Waals surface area (Å²) >= 11 is 1.44. The van der Waals surface area contributed by atoms with Crippen molar-refractivity contribution in [3.8, 4) is 0 Å². The maximum Gasteiger partial charge on any atom is 0.287 e. The van der Waals surface area contributed by atoms with Gasteiger partial charge >= 0.3 is 0 Å². The van der Waals surface area contributed by atoms with Gasteiger partial charge in [0, 0.05) is 0 Å². The van der Waals surface area contributed by atoms with Gasteiger partial charge in [-0.05, 0) is 29.2 Å². The van der Waals surface area contributed by atoms with Gasteiger partial charge in [0.15, 0.2) is 0 Å². The largest absolute Gasteiger partial charge is 0.309 e. The smallest absolute Gasteiger partial charge is 0.287 e. The summed E-state index contributed by atoms with van der Waals surface area (Å²) in [4.78, 5) is 12.1. The van der Waals surface area contributed by atoms with Crippen molar-refractivity contribution >= 4 is 21.6 Å². The Hall–Kier alpha value is -2.07. The molecular weight excluding hydrogens is 244 g/mol. The predicted molar refractivity (Wildman–Crippen MR) is 75.6 cm³/mol. The van der Waals surface area contributed by atoms with Crippen LogP contribution in [0.5, 0.6) is 0 Å². The highest BCUT2D eigenvalue weighted by Crippen LogP contribution is 2.14. The molecule has 0 aliphatic rings. The van der Waals surface area contributed by atoms with E-state index in [4.69, 9.17) is 0 Å². The Morgan fingerprint density at radius 3 is 2.50 bits per heavy atom. The zero-order valence-corrected chi connectivity index (χ0v) is 10.5. The molecule has 0 bridgehead atoms. The molecule has 0 radical (unpaired) electrons. The van der Waals surface area contributed by atoms with E-state index in [0.29, 0.717) is 6.54 Å². The van der Waals surface area contributed by atoms with Crippen LogP contribution in [-0.2, 0) is 6.54 Å². The van der Waals surface area contributed by atoms with Crippen LogP contribution in [0.25, 0.3) is 10.1 Å². The van der Waals surface area contributed by atoms with Gasteiger partial charge in [-0.2, -0.15) is 4.07 Å². The molecule has 0 aliphatic carbocycles. The van der Waals surface area contributed by atoms with Gasteiger partial charge in [0.1, 0.15) is 0 Å². The van der Waals surface area contributed by atoms with Crippen LogP contribution in [0.1, 0.15) is 5.56 Å². The number of nitrogens with one attached hydrogen (secondary N) is 1. The molecule has 0 amide bonds. The highest BCUT2D eigenvalue weighted by Gasteiger charge is 2.05. The summed E-state index contributed by atoms with van der Waals surface area (Å²) in [6.07, 6.45) is 0. The average molecular weight is 256 g/mol. The van der Waals surface area contributed by atoms with Gasteiger partial charge in [-0.25, -0.2) is 0 Å². The first-order valence-corrected chi connectivity index (χ1v) is 6.51. The summed E-state index contributed by atoms with van der Waals surface area (Å²) in [5.74, 6) is 0. The van der Waals surface area contributed by atoms with E-state index in [2.05, 4.69) is 5.43 Å². The summed E-state index contributed by atoms with van der Waals surface area (Å²) in [6, 6.07) is 17.7. The molecule has 3 aromatic rings. The van der Waals surface area contributed by atoms with E-state index < -0.39 is 0 Å². The number of rotatable bonds is 3. The predicted octanol–water partition coefficient (Wildman–Crippen LogP) is 2.81. The van der Waals surface area contributed by atoms with E-state index >= 15 is 0 Å². The summed E-state index contributed by atoms with van der Waals surface area (Å²) in [6.45, 7) is 0.646. The molecule has 90 valence electrons. The maximum absolute atomic E-state index is 12.1. The summed E-state index contributed by atoms with van der Waals surface area (Å²) < 4.78 is 2.60. The minimum atomic E-state index is 0.0199. The fourth-order valence-corrected chi connectivity index (χ4v) is 2.74. The number of benzene rings is 2. The van der Waals surface area contributed by atoms with Gasteiger partial charge < -0.3 is 5.43 Å². The summed E-state index contributed by atoms with van der Waals surface area (Å²) in [5.41, 5.74) is 4.32. The third-order valence-electron chi connectivity index (χ3n) is 2.76. The lowest BCUT2D eigenvalue weighted by molar-refractivity contribution is 0.888. The first kappa shape index (κ1) is 11.0. The maximum atomic E-state index is 12.1. The molecular formula is C14H12N2OS. The van der Waals surface area contributed by atoms with Crippen molar-refractivity contribution in [1.82, 2.24) is 4.07 Å². The minimum absolute atomic E-state index is 0.0199. The summed E-state index contributed by atoms with van der Waals surface area (Å²) in [5, 5.41) is 0.767. The number of nitrogens with zero attached hydrogens (tertiary/aromatic N) is 1. The Morgan fingerprint density at radius 2 is 1.72 bits per heavy atom. The van der Waals surface area contributed by atoms with Gasteiger partial charge in [0.2, 0.25) is 0 Å². The zero-order valence-electron chi connectivity index (χ0n) is 9.67. The third-order valence-corrected chi connectivity index (χ3v) is 3.79. The van der Waals surface area contributed by atoms with Gasteiger partial charge in [-0.3, -0.25) is 4.79 Å². The number of hydrogen-bond acceptors (Lipinski definition) is 3. The Kier molecular flexibility index (Phi) is 2.86. The molecule has 0 aliphatic heterocycles. The van der Waals surface area contributed by atoms with Crippen LogP contribution >= 0.6 is 11.5 Å². The van der Waals surface area contributed by atoms with Crippen LogP contribution in [0.3, 0.4) is 0 Å². The second-order valence-electron chi connectivity index (χ2n) is 4.01. The van der Waals surface area contributed by atoms with Gasteiger partial charge in [0.05, 0.1) is 16.6 Å².